The highest BCUT2D eigenvalue weighted by molar-refractivity contribution is 6.38. The van der Waals surface area contributed by atoms with E-state index in [1.165, 1.54) is 6.20 Å². The molecule has 0 spiro atoms. The highest BCUT2D eigenvalue weighted by Gasteiger charge is 2.16. The number of aromatic nitrogens is 3. The molecular weight excluding hydrogens is 288 g/mol. The van der Waals surface area contributed by atoms with Gasteiger partial charge in [-0.1, -0.05) is 29.3 Å². The number of carbonyl (C=O) groups is 1. The Balaban J connectivity index is 1.94. The molecule has 1 aromatic carbocycles. The lowest BCUT2D eigenvalue weighted by atomic mass is 10.2. The van der Waals surface area contributed by atoms with E-state index in [1.54, 1.807) is 10.9 Å². The molecule has 0 unspecified atom stereocenters. The van der Waals surface area contributed by atoms with Crippen LogP contribution in [0.2, 0.25) is 5.02 Å². The van der Waals surface area contributed by atoms with Crippen molar-refractivity contribution in [3.63, 3.8) is 0 Å². The van der Waals surface area contributed by atoms with Crippen LogP contribution in [-0.4, -0.2) is 20.4 Å². The van der Waals surface area contributed by atoms with E-state index < -0.39 is 0 Å². The number of pyridine rings is 1. The normalized spacial score (nSPS) is 10.8. The minimum Gasteiger partial charge on any atom is -0.322 e. The third-order valence-corrected chi connectivity index (χ3v) is 3.60. The number of hydrogen-bond acceptors (Lipinski definition) is 3. The predicted molar refractivity (Wildman–Crippen MR) is 82.7 cm³/mol. The van der Waals surface area contributed by atoms with Crippen LogP contribution in [0, 0.1) is 6.92 Å². The number of halogens is 1. The van der Waals surface area contributed by atoms with E-state index in [0.29, 0.717) is 27.4 Å². The van der Waals surface area contributed by atoms with Gasteiger partial charge in [0.15, 0.2) is 5.65 Å². The monoisotopic (exact) mass is 300 g/mol. The first-order chi connectivity index (χ1) is 10.1. The molecule has 0 bridgehead atoms. The van der Waals surface area contributed by atoms with Gasteiger partial charge in [-0.15, -0.1) is 0 Å². The molecule has 0 aliphatic rings. The Morgan fingerprint density at radius 2 is 1.95 bits per heavy atom. The van der Waals surface area contributed by atoms with Gasteiger partial charge in [0.05, 0.1) is 16.9 Å². The minimum absolute atomic E-state index is 0.302. The molecule has 0 aliphatic carbocycles. The minimum atomic E-state index is -0.302. The van der Waals surface area contributed by atoms with E-state index in [1.807, 2.05) is 38.2 Å². The molecule has 3 aromatic rings. The highest BCUT2D eigenvalue weighted by Crippen LogP contribution is 2.24. The summed E-state index contributed by atoms with van der Waals surface area (Å²) in [5.74, 6) is -0.302. The standard InChI is InChI=1S/C15H13ClN4O/c1-9-3-5-10(6-4-9)19-15(21)11-7-17-14-13(12(11)16)18-8-20(14)2/h3-8H,1-2H3,(H,19,21). The van der Waals surface area contributed by atoms with Gasteiger partial charge < -0.3 is 9.88 Å². The van der Waals surface area contributed by atoms with Crippen molar-refractivity contribution in [2.24, 2.45) is 7.05 Å². The van der Waals surface area contributed by atoms with E-state index in [4.69, 9.17) is 11.6 Å². The van der Waals surface area contributed by atoms with Gasteiger partial charge in [-0.2, -0.15) is 0 Å². The smallest absolute Gasteiger partial charge is 0.258 e. The molecule has 5 nitrogen and oxygen atoms in total. The Morgan fingerprint density at radius 1 is 1.24 bits per heavy atom. The van der Waals surface area contributed by atoms with Crippen LogP contribution in [0.4, 0.5) is 5.69 Å². The third-order valence-electron chi connectivity index (χ3n) is 3.22. The average Bonchev–Trinajstić information content (AvgIpc) is 2.84. The van der Waals surface area contributed by atoms with Crippen LogP contribution in [0.25, 0.3) is 11.2 Å². The summed E-state index contributed by atoms with van der Waals surface area (Å²) < 4.78 is 1.75. The van der Waals surface area contributed by atoms with Gasteiger partial charge in [-0.05, 0) is 19.1 Å². The zero-order chi connectivity index (χ0) is 15.0. The number of rotatable bonds is 2. The van der Waals surface area contributed by atoms with Gasteiger partial charge in [0.25, 0.3) is 5.91 Å². The van der Waals surface area contributed by atoms with Crippen LogP contribution in [0.1, 0.15) is 15.9 Å². The van der Waals surface area contributed by atoms with Crippen LogP contribution in [0.15, 0.2) is 36.8 Å². The molecule has 0 radical (unpaired) electrons. The molecule has 1 amide bonds. The summed E-state index contributed by atoms with van der Waals surface area (Å²) in [6.45, 7) is 1.99. The Morgan fingerprint density at radius 3 is 2.67 bits per heavy atom. The molecule has 0 fully saturated rings. The van der Waals surface area contributed by atoms with Crippen LogP contribution < -0.4 is 5.32 Å². The van der Waals surface area contributed by atoms with Crippen molar-refractivity contribution in [1.82, 2.24) is 14.5 Å². The molecular formula is C15H13ClN4O. The largest absolute Gasteiger partial charge is 0.322 e. The van der Waals surface area contributed by atoms with Crippen molar-refractivity contribution in [2.75, 3.05) is 5.32 Å². The van der Waals surface area contributed by atoms with Crippen LogP contribution in [0.5, 0.6) is 0 Å². The van der Waals surface area contributed by atoms with Gasteiger partial charge >= 0.3 is 0 Å². The summed E-state index contributed by atoms with van der Waals surface area (Å²) in [4.78, 5) is 20.7. The van der Waals surface area contributed by atoms with Crippen LogP contribution in [-0.2, 0) is 7.05 Å². The average molecular weight is 301 g/mol. The van der Waals surface area contributed by atoms with Crippen molar-refractivity contribution >= 4 is 34.4 Å². The number of imidazole rings is 1. The van der Waals surface area contributed by atoms with E-state index in [-0.39, 0.29) is 5.91 Å². The molecule has 2 heterocycles. The van der Waals surface area contributed by atoms with E-state index in [0.717, 1.165) is 5.56 Å². The van der Waals surface area contributed by atoms with Crippen molar-refractivity contribution in [2.45, 2.75) is 6.92 Å². The maximum absolute atomic E-state index is 12.3. The van der Waals surface area contributed by atoms with E-state index in [9.17, 15) is 4.79 Å². The molecule has 0 saturated heterocycles. The lowest BCUT2D eigenvalue weighted by Crippen LogP contribution is -2.13. The fourth-order valence-electron chi connectivity index (χ4n) is 2.03. The van der Waals surface area contributed by atoms with E-state index >= 15 is 0 Å². The second kappa shape index (κ2) is 5.18. The van der Waals surface area contributed by atoms with Crippen molar-refractivity contribution in [3.8, 4) is 0 Å². The lowest BCUT2D eigenvalue weighted by molar-refractivity contribution is 0.102. The van der Waals surface area contributed by atoms with Gasteiger partial charge in [0.1, 0.15) is 5.52 Å². The summed E-state index contributed by atoms with van der Waals surface area (Å²) >= 11 is 6.26. The Kier molecular flexibility index (Phi) is 3.35. The predicted octanol–water partition coefficient (Wildman–Crippen LogP) is 3.18. The molecule has 0 atom stereocenters. The number of hydrogen-bond donors (Lipinski definition) is 1. The lowest BCUT2D eigenvalue weighted by Gasteiger charge is -2.07. The topological polar surface area (TPSA) is 59.8 Å². The van der Waals surface area contributed by atoms with Gasteiger partial charge in [-0.3, -0.25) is 4.79 Å². The zero-order valence-corrected chi connectivity index (χ0v) is 12.3. The van der Waals surface area contributed by atoms with Crippen molar-refractivity contribution < 1.29 is 4.79 Å². The Labute approximate surface area is 126 Å². The first kappa shape index (κ1) is 13.6. The first-order valence-electron chi connectivity index (χ1n) is 6.40. The number of carbonyl (C=O) groups excluding carboxylic acids is 1. The second-order valence-electron chi connectivity index (χ2n) is 4.83. The van der Waals surface area contributed by atoms with Crippen molar-refractivity contribution in [3.05, 3.63) is 52.9 Å². The highest BCUT2D eigenvalue weighted by atomic mass is 35.5. The second-order valence-corrected chi connectivity index (χ2v) is 5.21. The number of fused-ring (bicyclic) bond motifs is 1. The number of anilines is 1. The molecule has 0 aliphatic heterocycles. The molecule has 106 valence electrons. The molecule has 1 N–H and O–H groups in total. The first-order valence-corrected chi connectivity index (χ1v) is 6.77. The summed E-state index contributed by atoms with van der Waals surface area (Å²) in [5.41, 5.74) is 3.32. The molecule has 2 aromatic heterocycles. The number of aryl methyl sites for hydroxylation is 2. The van der Waals surface area contributed by atoms with Gasteiger partial charge in [-0.25, -0.2) is 9.97 Å². The van der Waals surface area contributed by atoms with Crippen LogP contribution >= 0.6 is 11.6 Å². The molecule has 0 saturated carbocycles. The third kappa shape index (κ3) is 2.48. The van der Waals surface area contributed by atoms with Gasteiger partial charge in [0, 0.05) is 18.9 Å². The summed E-state index contributed by atoms with van der Waals surface area (Å²) in [6.07, 6.45) is 3.08. The van der Waals surface area contributed by atoms with Crippen LogP contribution in [0.3, 0.4) is 0 Å². The summed E-state index contributed by atoms with van der Waals surface area (Å²) in [6, 6.07) is 7.54. The number of amides is 1. The van der Waals surface area contributed by atoms with Gasteiger partial charge in [0.2, 0.25) is 0 Å². The number of nitrogens with zero attached hydrogens (tertiary/aromatic N) is 3. The van der Waals surface area contributed by atoms with Crippen molar-refractivity contribution in [1.29, 1.82) is 0 Å². The fraction of sp³-hybridized carbons (Fsp3) is 0.133. The number of benzene rings is 1. The fourth-order valence-corrected chi connectivity index (χ4v) is 2.30. The Hall–Kier alpha value is -2.40. The molecule has 3 rings (SSSR count). The van der Waals surface area contributed by atoms with E-state index in [2.05, 4.69) is 15.3 Å². The summed E-state index contributed by atoms with van der Waals surface area (Å²) in [5, 5.41) is 3.11. The zero-order valence-electron chi connectivity index (χ0n) is 11.6. The quantitative estimate of drug-likeness (QED) is 0.790. The SMILES string of the molecule is Cc1ccc(NC(=O)c2cnc3c(ncn3C)c2Cl)cc1. The molecule has 21 heavy (non-hydrogen) atoms. The maximum atomic E-state index is 12.3. The Bertz CT molecular complexity index is 824. The summed E-state index contributed by atoms with van der Waals surface area (Å²) in [7, 11) is 1.82. The molecule has 6 heteroatoms. The number of nitrogens with one attached hydrogen (secondary N) is 1. The maximum Gasteiger partial charge on any atom is 0.258 e.